The van der Waals surface area contributed by atoms with Crippen molar-refractivity contribution in [2.75, 3.05) is 0 Å². The van der Waals surface area contributed by atoms with Crippen LogP contribution >= 0.6 is 15.9 Å². The molecule has 0 heterocycles. The summed E-state index contributed by atoms with van der Waals surface area (Å²) in [6.45, 7) is 3.93. The van der Waals surface area contributed by atoms with Crippen LogP contribution in [0.15, 0.2) is 0 Å². The molecule has 0 aliphatic rings. The second kappa shape index (κ2) is 3.19. The Morgan fingerprint density at radius 1 is 1.57 bits per heavy atom. The molecule has 0 aromatic carbocycles. The molecular formula is C5H8BrO. The maximum atomic E-state index is 9.77. The normalized spacial score (nSPS) is 14.3. The largest absolute Gasteiger partial charge is 0.290 e. The first-order chi connectivity index (χ1) is 3.18. The number of rotatable bonds is 2. The van der Waals surface area contributed by atoms with Crippen LogP contribution in [0.3, 0.4) is 0 Å². The molecule has 0 aliphatic heterocycles. The Morgan fingerprint density at radius 3 is 2.00 bits per heavy atom. The Balaban J connectivity index is 3.33. The van der Waals surface area contributed by atoms with Crippen LogP contribution < -0.4 is 0 Å². The Bertz CT molecular complexity index is 61.1. The fourth-order valence-corrected chi connectivity index (χ4v) is 0.136. The standard InChI is InChI=1S/C5H8BrO/c1-4(2)5(6)3-7/h4-5H,1-2H3. The van der Waals surface area contributed by atoms with Crippen molar-refractivity contribution in [3.05, 3.63) is 0 Å². The lowest BCUT2D eigenvalue weighted by Gasteiger charge is -2.01. The predicted molar refractivity (Wildman–Crippen MR) is 33.2 cm³/mol. The Kier molecular flexibility index (Phi) is 3.26. The highest BCUT2D eigenvalue weighted by atomic mass is 79.9. The van der Waals surface area contributed by atoms with Crippen molar-refractivity contribution in [2.24, 2.45) is 5.92 Å². The van der Waals surface area contributed by atoms with E-state index in [0.717, 1.165) is 0 Å². The summed E-state index contributed by atoms with van der Waals surface area (Å²) >= 11 is 3.12. The molecule has 0 saturated heterocycles. The average molecular weight is 164 g/mol. The average Bonchev–Trinajstić information content (AvgIpc) is 1.65. The van der Waals surface area contributed by atoms with Gasteiger partial charge in [-0.1, -0.05) is 29.8 Å². The van der Waals surface area contributed by atoms with Crippen molar-refractivity contribution >= 4 is 22.2 Å². The maximum absolute atomic E-state index is 9.77. The quantitative estimate of drug-likeness (QED) is 0.565. The van der Waals surface area contributed by atoms with Gasteiger partial charge in [0.15, 0.2) is 0 Å². The summed E-state index contributed by atoms with van der Waals surface area (Å²) in [5, 5.41) is 0. The minimum absolute atomic E-state index is 0.0903. The molecule has 0 fully saturated rings. The summed E-state index contributed by atoms with van der Waals surface area (Å²) in [6, 6.07) is 0. The molecule has 1 radical (unpaired) electrons. The van der Waals surface area contributed by atoms with Gasteiger partial charge in [-0.3, -0.25) is 4.79 Å². The van der Waals surface area contributed by atoms with Gasteiger partial charge in [0.2, 0.25) is 6.29 Å². The first-order valence-corrected chi connectivity index (χ1v) is 3.11. The van der Waals surface area contributed by atoms with E-state index in [1.165, 1.54) is 0 Å². The lowest BCUT2D eigenvalue weighted by molar-refractivity contribution is 0.540. The SMILES string of the molecule is CC(C)C(Br)[C]=O. The number of halogens is 1. The van der Waals surface area contributed by atoms with Crippen LogP contribution in [0.25, 0.3) is 0 Å². The maximum Gasteiger partial charge on any atom is 0.213 e. The van der Waals surface area contributed by atoms with Crippen molar-refractivity contribution in [2.45, 2.75) is 18.7 Å². The fraction of sp³-hybridized carbons (Fsp3) is 0.800. The van der Waals surface area contributed by atoms with E-state index in [0.29, 0.717) is 5.92 Å². The van der Waals surface area contributed by atoms with Crippen molar-refractivity contribution in [3.8, 4) is 0 Å². The van der Waals surface area contributed by atoms with E-state index in [1.54, 1.807) is 0 Å². The fourth-order valence-electron chi connectivity index (χ4n) is 0.136. The third-order valence-corrected chi connectivity index (χ3v) is 1.94. The second-order valence-electron chi connectivity index (χ2n) is 1.76. The molecule has 0 bridgehead atoms. The molecule has 1 unspecified atom stereocenters. The number of hydrogen-bond donors (Lipinski definition) is 0. The van der Waals surface area contributed by atoms with Gasteiger partial charge >= 0.3 is 0 Å². The molecule has 2 heteroatoms. The van der Waals surface area contributed by atoms with E-state index in [1.807, 2.05) is 20.1 Å². The van der Waals surface area contributed by atoms with Crippen LogP contribution in [0.5, 0.6) is 0 Å². The van der Waals surface area contributed by atoms with Crippen LogP contribution in [0, 0.1) is 5.92 Å². The highest BCUT2D eigenvalue weighted by molar-refractivity contribution is 9.09. The summed E-state index contributed by atoms with van der Waals surface area (Å²) in [6.07, 6.45) is 1.83. The monoisotopic (exact) mass is 163 g/mol. The Morgan fingerprint density at radius 2 is 2.00 bits per heavy atom. The van der Waals surface area contributed by atoms with E-state index >= 15 is 0 Å². The number of carbonyl (C=O) groups excluding carboxylic acids is 1. The zero-order valence-electron chi connectivity index (χ0n) is 4.44. The number of hydrogen-bond acceptors (Lipinski definition) is 1. The molecule has 0 aromatic heterocycles. The molecular weight excluding hydrogens is 156 g/mol. The van der Waals surface area contributed by atoms with Crippen LogP contribution in [0.1, 0.15) is 13.8 Å². The minimum Gasteiger partial charge on any atom is -0.290 e. The zero-order chi connectivity index (χ0) is 5.86. The van der Waals surface area contributed by atoms with Crippen molar-refractivity contribution in [1.82, 2.24) is 0 Å². The van der Waals surface area contributed by atoms with Gasteiger partial charge in [-0.2, -0.15) is 0 Å². The van der Waals surface area contributed by atoms with Gasteiger partial charge in [-0.15, -0.1) is 0 Å². The van der Waals surface area contributed by atoms with E-state index in [9.17, 15) is 4.79 Å². The number of alkyl halides is 1. The van der Waals surface area contributed by atoms with Gasteiger partial charge in [-0.25, -0.2) is 0 Å². The summed E-state index contributed by atoms with van der Waals surface area (Å²) in [5.41, 5.74) is 0. The third kappa shape index (κ3) is 2.80. The summed E-state index contributed by atoms with van der Waals surface area (Å²) < 4.78 is 0. The molecule has 1 atom stereocenters. The Hall–Kier alpha value is 0.150. The second-order valence-corrected chi connectivity index (χ2v) is 2.75. The lowest BCUT2D eigenvalue weighted by Crippen LogP contribution is -2.06. The highest BCUT2D eigenvalue weighted by Crippen LogP contribution is 2.07. The topological polar surface area (TPSA) is 17.1 Å². The zero-order valence-corrected chi connectivity index (χ0v) is 6.03. The van der Waals surface area contributed by atoms with E-state index < -0.39 is 0 Å². The summed E-state index contributed by atoms with van der Waals surface area (Å²) in [4.78, 5) is 9.68. The van der Waals surface area contributed by atoms with Crippen LogP contribution in [-0.4, -0.2) is 11.1 Å². The molecule has 0 amide bonds. The van der Waals surface area contributed by atoms with Crippen LogP contribution in [0.2, 0.25) is 0 Å². The van der Waals surface area contributed by atoms with Crippen molar-refractivity contribution in [1.29, 1.82) is 0 Å². The highest BCUT2D eigenvalue weighted by Gasteiger charge is 2.05. The van der Waals surface area contributed by atoms with Crippen molar-refractivity contribution < 1.29 is 4.79 Å². The molecule has 1 nitrogen and oxygen atoms in total. The summed E-state index contributed by atoms with van der Waals surface area (Å²) in [5.74, 6) is 0.359. The Labute approximate surface area is 52.2 Å². The predicted octanol–water partition coefficient (Wildman–Crippen LogP) is 1.52. The van der Waals surface area contributed by atoms with E-state index in [2.05, 4.69) is 15.9 Å². The van der Waals surface area contributed by atoms with Gasteiger partial charge in [0.25, 0.3) is 0 Å². The molecule has 0 aromatic rings. The lowest BCUT2D eigenvalue weighted by atomic mass is 10.2. The minimum atomic E-state index is -0.0903. The molecule has 0 N–H and O–H groups in total. The molecule has 0 rings (SSSR count). The van der Waals surface area contributed by atoms with Gasteiger partial charge in [0.1, 0.15) is 0 Å². The molecule has 7 heavy (non-hydrogen) atoms. The van der Waals surface area contributed by atoms with E-state index in [-0.39, 0.29) is 4.83 Å². The molecule has 41 valence electrons. The van der Waals surface area contributed by atoms with Gasteiger partial charge in [0, 0.05) is 0 Å². The van der Waals surface area contributed by atoms with Crippen LogP contribution in [-0.2, 0) is 4.79 Å². The van der Waals surface area contributed by atoms with Gasteiger partial charge in [0.05, 0.1) is 4.83 Å². The van der Waals surface area contributed by atoms with E-state index in [4.69, 9.17) is 0 Å². The molecule has 0 aliphatic carbocycles. The first-order valence-electron chi connectivity index (χ1n) is 2.20. The van der Waals surface area contributed by atoms with Crippen molar-refractivity contribution in [3.63, 3.8) is 0 Å². The smallest absolute Gasteiger partial charge is 0.213 e. The molecule has 0 saturated carbocycles. The van der Waals surface area contributed by atoms with Gasteiger partial charge in [-0.05, 0) is 5.92 Å². The summed E-state index contributed by atoms with van der Waals surface area (Å²) in [7, 11) is 0. The third-order valence-electron chi connectivity index (χ3n) is 0.698. The molecule has 0 spiro atoms. The van der Waals surface area contributed by atoms with Gasteiger partial charge < -0.3 is 0 Å². The first kappa shape index (κ1) is 7.15. The van der Waals surface area contributed by atoms with Crippen LogP contribution in [0.4, 0.5) is 0 Å².